The molecule has 0 amide bonds. The number of hydrogen-bond donors (Lipinski definition) is 1. The maximum absolute atomic E-state index is 4.32. The van der Waals surface area contributed by atoms with Crippen molar-refractivity contribution in [3.8, 4) is 0 Å². The molecule has 4 fully saturated rings. The summed E-state index contributed by atoms with van der Waals surface area (Å²) in [5.41, 5.74) is 1.29. The van der Waals surface area contributed by atoms with Gasteiger partial charge in [0.15, 0.2) is 0 Å². The van der Waals surface area contributed by atoms with Gasteiger partial charge in [0.2, 0.25) is 0 Å². The smallest absolute Gasteiger partial charge is 0.0437 e. The second-order valence-electron chi connectivity index (χ2n) is 7.50. The standard InChI is InChI=1S/C19H22N2/c1-2-14-4-5-20-11-17(14)18(3-1)21-19-15-7-12-6-13(9-15)10-16(19)8-12/h1-5,11-13,15-16,19,21H,6-10H2. The lowest BCUT2D eigenvalue weighted by atomic mass is 9.54. The molecule has 0 aliphatic heterocycles. The van der Waals surface area contributed by atoms with Crippen LogP contribution in [0.4, 0.5) is 5.69 Å². The Morgan fingerprint density at radius 1 is 0.905 bits per heavy atom. The molecule has 4 aliphatic rings. The number of fused-ring (bicyclic) bond motifs is 1. The van der Waals surface area contributed by atoms with Crippen molar-refractivity contribution in [2.45, 2.75) is 38.1 Å². The Kier molecular flexibility index (Phi) is 2.55. The molecule has 2 aromatic rings. The molecular formula is C19H22N2. The van der Waals surface area contributed by atoms with Crippen LogP contribution in [0.1, 0.15) is 32.1 Å². The van der Waals surface area contributed by atoms with Gasteiger partial charge in [-0.05, 0) is 73.3 Å². The average molecular weight is 278 g/mol. The summed E-state index contributed by atoms with van der Waals surface area (Å²) < 4.78 is 0. The topological polar surface area (TPSA) is 24.9 Å². The lowest BCUT2D eigenvalue weighted by Gasteiger charge is -2.54. The number of hydrogen-bond acceptors (Lipinski definition) is 2. The summed E-state index contributed by atoms with van der Waals surface area (Å²) in [5.74, 6) is 3.90. The van der Waals surface area contributed by atoms with E-state index in [-0.39, 0.29) is 0 Å². The molecule has 6 rings (SSSR count). The van der Waals surface area contributed by atoms with Crippen LogP contribution in [0.25, 0.3) is 10.8 Å². The van der Waals surface area contributed by atoms with E-state index in [1.54, 1.807) is 0 Å². The predicted molar refractivity (Wildman–Crippen MR) is 86.2 cm³/mol. The van der Waals surface area contributed by atoms with Crippen LogP contribution in [0.15, 0.2) is 36.7 Å². The van der Waals surface area contributed by atoms with E-state index >= 15 is 0 Å². The highest BCUT2D eigenvalue weighted by atomic mass is 15.0. The Hall–Kier alpha value is -1.57. The number of nitrogens with one attached hydrogen (secondary N) is 1. The highest BCUT2D eigenvalue weighted by molar-refractivity contribution is 5.93. The molecule has 2 nitrogen and oxygen atoms in total. The molecule has 21 heavy (non-hydrogen) atoms. The summed E-state index contributed by atoms with van der Waals surface area (Å²) >= 11 is 0. The summed E-state index contributed by atoms with van der Waals surface area (Å²) in [6, 6.07) is 9.38. The van der Waals surface area contributed by atoms with E-state index < -0.39 is 0 Å². The van der Waals surface area contributed by atoms with Crippen LogP contribution < -0.4 is 5.32 Å². The molecule has 2 heteroatoms. The van der Waals surface area contributed by atoms with Crippen LogP contribution in [0.2, 0.25) is 0 Å². The highest BCUT2D eigenvalue weighted by Gasteiger charge is 2.48. The van der Waals surface area contributed by atoms with E-state index in [4.69, 9.17) is 0 Å². The van der Waals surface area contributed by atoms with E-state index in [1.165, 1.54) is 48.6 Å². The first-order valence-corrected chi connectivity index (χ1v) is 8.46. The van der Waals surface area contributed by atoms with Crippen LogP contribution >= 0.6 is 0 Å². The Morgan fingerprint density at radius 3 is 2.43 bits per heavy atom. The van der Waals surface area contributed by atoms with Crippen molar-refractivity contribution in [2.75, 3.05) is 5.32 Å². The van der Waals surface area contributed by atoms with E-state index in [0.29, 0.717) is 6.04 Å². The molecule has 0 saturated heterocycles. The second kappa shape index (κ2) is 4.46. The van der Waals surface area contributed by atoms with E-state index in [9.17, 15) is 0 Å². The molecule has 0 spiro atoms. The Bertz CT molecular complexity index is 645. The molecule has 1 N–H and O–H groups in total. The third-order valence-electron chi connectivity index (χ3n) is 6.23. The normalized spacial score (nSPS) is 37.0. The molecule has 0 radical (unpaired) electrons. The minimum atomic E-state index is 0.698. The van der Waals surface area contributed by atoms with Crippen LogP contribution in [0.5, 0.6) is 0 Å². The van der Waals surface area contributed by atoms with Crippen molar-refractivity contribution < 1.29 is 0 Å². The highest BCUT2D eigenvalue weighted by Crippen LogP contribution is 2.54. The number of benzene rings is 1. The fraction of sp³-hybridized carbons (Fsp3) is 0.526. The van der Waals surface area contributed by atoms with Crippen LogP contribution in [0, 0.1) is 23.7 Å². The molecular weight excluding hydrogens is 256 g/mol. The molecule has 1 aromatic heterocycles. The van der Waals surface area contributed by atoms with Crippen molar-refractivity contribution in [1.29, 1.82) is 0 Å². The SMILES string of the molecule is c1cc(NC2C3CC4CC(C3)CC2C4)c2cnccc2c1. The second-order valence-corrected chi connectivity index (χ2v) is 7.50. The first kappa shape index (κ1) is 12.0. The van der Waals surface area contributed by atoms with Gasteiger partial charge in [0.25, 0.3) is 0 Å². The number of aromatic nitrogens is 1. The van der Waals surface area contributed by atoms with Crippen LogP contribution in [0.3, 0.4) is 0 Å². The number of rotatable bonds is 2. The maximum Gasteiger partial charge on any atom is 0.0437 e. The van der Waals surface area contributed by atoms with Gasteiger partial charge in [0.1, 0.15) is 0 Å². The number of anilines is 1. The van der Waals surface area contributed by atoms with Crippen LogP contribution in [-0.2, 0) is 0 Å². The van der Waals surface area contributed by atoms with Crippen molar-refractivity contribution in [3.05, 3.63) is 36.7 Å². The fourth-order valence-electron chi connectivity index (χ4n) is 5.58. The zero-order valence-corrected chi connectivity index (χ0v) is 12.3. The lowest BCUT2D eigenvalue weighted by molar-refractivity contribution is 0.00758. The summed E-state index contributed by atoms with van der Waals surface area (Å²) in [6.45, 7) is 0. The molecule has 1 aromatic carbocycles. The number of pyridine rings is 1. The van der Waals surface area contributed by atoms with Crippen molar-refractivity contribution in [3.63, 3.8) is 0 Å². The summed E-state index contributed by atoms with van der Waals surface area (Å²) in [7, 11) is 0. The monoisotopic (exact) mass is 278 g/mol. The summed E-state index contributed by atoms with van der Waals surface area (Å²) in [5, 5.41) is 6.49. The molecule has 4 aliphatic carbocycles. The zero-order chi connectivity index (χ0) is 13.8. The van der Waals surface area contributed by atoms with Crippen molar-refractivity contribution in [1.82, 2.24) is 4.98 Å². The third kappa shape index (κ3) is 1.88. The third-order valence-corrected chi connectivity index (χ3v) is 6.23. The molecule has 4 saturated carbocycles. The van der Waals surface area contributed by atoms with E-state index in [1.807, 2.05) is 12.4 Å². The van der Waals surface area contributed by atoms with E-state index in [0.717, 1.165) is 23.7 Å². The van der Waals surface area contributed by atoms with Gasteiger partial charge in [0, 0.05) is 29.5 Å². The quantitative estimate of drug-likeness (QED) is 0.876. The minimum Gasteiger partial charge on any atom is -0.381 e. The molecule has 1 heterocycles. The minimum absolute atomic E-state index is 0.698. The van der Waals surface area contributed by atoms with Crippen LogP contribution in [-0.4, -0.2) is 11.0 Å². The van der Waals surface area contributed by atoms with Gasteiger partial charge in [-0.15, -0.1) is 0 Å². The first-order chi connectivity index (χ1) is 10.4. The Labute approximate surface area is 126 Å². The van der Waals surface area contributed by atoms with Gasteiger partial charge in [-0.2, -0.15) is 0 Å². The molecule has 4 bridgehead atoms. The predicted octanol–water partition coefficient (Wildman–Crippen LogP) is 4.47. The van der Waals surface area contributed by atoms with Crippen molar-refractivity contribution in [2.24, 2.45) is 23.7 Å². The van der Waals surface area contributed by atoms with Gasteiger partial charge in [-0.3, -0.25) is 4.98 Å². The Balaban J connectivity index is 1.49. The largest absolute Gasteiger partial charge is 0.381 e. The van der Waals surface area contributed by atoms with E-state index in [2.05, 4.69) is 34.6 Å². The number of nitrogens with zero attached hydrogens (tertiary/aromatic N) is 1. The zero-order valence-electron chi connectivity index (χ0n) is 12.3. The van der Waals surface area contributed by atoms with Crippen molar-refractivity contribution >= 4 is 16.5 Å². The van der Waals surface area contributed by atoms with Gasteiger partial charge < -0.3 is 5.32 Å². The van der Waals surface area contributed by atoms with Gasteiger partial charge >= 0.3 is 0 Å². The van der Waals surface area contributed by atoms with Gasteiger partial charge in [-0.1, -0.05) is 12.1 Å². The average Bonchev–Trinajstić information content (AvgIpc) is 2.50. The summed E-state index contributed by atoms with van der Waals surface area (Å²) in [6.07, 6.45) is 11.3. The lowest BCUT2D eigenvalue weighted by Crippen LogP contribution is -2.51. The van der Waals surface area contributed by atoms with Gasteiger partial charge in [-0.25, -0.2) is 0 Å². The fourth-order valence-corrected chi connectivity index (χ4v) is 5.58. The summed E-state index contributed by atoms with van der Waals surface area (Å²) in [4.78, 5) is 4.32. The molecule has 0 unspecified atom stereocenters. The van der Waals surface area contributed by atoms with Gasteiger partial charge in [0.05, 0.1) is 0 Å². The maximum atomic E-state index is 4.32. The molecule has 108 valence electrons. The molecule has 0 atom stereocenters. The first-order valence-electron chi connectivity index (χ1n) is 8.46. The Morgan fingerprint density at radius 2 is 1.67 bits per heavy atom.